The number of halogens is 2. The molecule has 6 heteroatoms. The molecule has 0 N–H and O–H groups in total. The van der Waals surface area contributed by atoms with Crippen LogP contribution < -0.4 is 0 Å². The highest BCUT2D eigenvalue weighted by molar-refractivity contribution is 6.40. The minimum absolute atomic E-state index is 0.496. The summed E-state index contributed by atoms with van der Waals surface area (Å²) in [7, 11) is 0. The molecule has 10 heavy (non-hydrogen) atoms. The van der Waals surface area contributed by atoms with Gasteiger partial charge in [-0.2, -0.15) is 0 Å². The zero-order chi connectivity index (χ0) is 7.98. The summed E-state index contributed by atoms with van der Waals surface area (Å²) in [6.45, 7) is 3.30. The van der Waals surface area contributed by atoms with E-state index in [9.17, 15) is 0 Å². The maximum atomic E-state index is 4.82. The maximum absolute atomic E-state index is 4.82. The van der Waals surface area contributed by atoms with Crippen molar-refractivity contribution in [3.63, 3.8) is 0 Å². The van der Waals surface area contributed by atoms with E-state index in [1.54, 1.807) is 13.8 Å². The van der Waals surface area contributed by atoms with E-state index >= 15 is 0 Å². The molecule has 0 aliphatic rings. The summed E-state index contributed by atoms with van der Waals surface area (Å²) in [6.07, 6.45) is 0. The lowest BCUT2D eigenvalue weighted by Gasteiger charge is -1.92. The highest BCUT2D eigenvalue weighted by atomic mass is 35.5. The molecule has 4 nitrogen and oxygen atoms in total. The molecule has 0 saturated heterocycles. The second-order valence-corrected chi connectivity index (χ2v) is 1.77. The highest BCUT2D eigenvalue weighted by Crippen LogP contribution is 1.90. The van der Waals surface area contributed by atoms with Crippen LogP contribution in [0.5, 0.6) is 0 Å². The second kappa shape index (κ2) is 5.32. The minimum atomic E-state index is 0.496. The van der Waals surface area contributed by atoms with Gasteiger partial charge in [-0.05, 0) is 13.8 Å². The molecule has 0 radical (unpaired) electrons. The van der Waals surface area contributed by atoms with E-state index in [1.165, 1.54) is 0 Å². The molecule has 0 aromatic heterocycles. The van der Waals surface area contributed by atoms with Crippen LogP contribution in [0.15, 0.2) is 10.3 Å². The van der Waals surface area contributed by atoms with Gasteiger partial charge in [0.05, 0.1) is 0 Å². The predicted molar refractivity (Wildman–Crippen MR) is 40.1 cm³/mol. The Morgan fingerprint density at radius 3 is 1.50 bits per heavy atom. The van der Waals surface area contributed by atoms with Gasteiger partial charge in [-0.15, -0.1) is 0 Å². The van der Waals surface area contributed by atoms with Gasteiger partial charge in [-0.3, -0.25) is 8.78 Å². The second-order valence-electron chi connectivity index (χ2n) is 1.49. The Balaban J connectivity index is 4.06. The Bertz CT molecular complexity index is 139. The van der Waals surface area contributed by atoms with Gasteiger partial charge in [0.2, 0.25) is 0 Å². The summed E-state index contributed by atoms with van der Waals surface area (Å²) >= 11 is 9.65. The summed E-state index contributed by atoms with van der Waals surface area (Å²) < 4.78 is 7.90. The molecule has 0 atom stereocenters. The molecule has 0 unspecified atom stereocenters. The summed E-state index contributed by atoms with van der Waals surface area (Å²) in [5.74, 6) is 0. The fourth-order valence-corrected chi connectivity index (χ4v) is 0.443. The molecule has 0 aromatic carbocycles. The summed E-state index contributed by atoms with van der Waals surface area (Å²) in [4.78, 5) is 0. The van der Waals surface area contributed by atoms with Gasteiger partial charge in [0, 0.05) is 0 Å². The smallest absolute Gasteiger partial charge is 0.167 e. The van der Waals surface area contributed by atoms with E-state index in [4.69, 9.17) is 23.7 Å². The van der Waals surface area contributed by atoms with Gasteiger partial charge in [0.15, 0.2) is 23.7 Å². The Morgan fingerprint density at radius 1 is 1.00 bits per heavy atom. The molecule has 58 valence electrons. The van der Waals surface area contributed by atoms with E-state index in [1.807, 2.05) is 0 Å². The fourth-order valence-electron chi connectivity index (χ4n) is 0.236. The van der Waals surface area contributed by atoms with Gasteiger partial charge >= 0.3 is 0 Å². The summed E-state index contributed by atoms with van der Waals surface area (Å²) in [5, 5.41) is 6.71. The molecule has 0 aromatic rings. The Morgan fingerprint density at radius 2 is 1.30 bits per heavy atom. The minimum Gasteiger partial charge on any atom is -0.277 e. The van der Waals surface area contributed by atoms with Gasteiger partial charge in [-0.1, -0.05) is 10.3 Å². The van der Waals surface area contributed by atoms with Crippen molar-refractivity contribution in [1.29, 1.82) is 0 Å². The molecular weight excluding hydrogens is 179 g/mol. The third kappa shape index (κ3) is 3.53. The standard InChI is InChI=1S/C4H6Cl2N2O2/c1-3(7-9-5)4(2)8-10-6/h1-2H3. The number of rotatable bonds is 3. The van der Waals surface area contributed by atoms with Gasteiger partial charge in [0.1, 0.15) is 11.4 Å². The summed E-state index contributed by atoms with van der Waals surface area (Å²) in [5.41, 5.74) is 0.992. The van der Waals surface area contributed by atoms with Crippen LogP contribution in [0, 0.1) is 0 Å². The van der Waals surface area contributed by atoms with Crippen LogP contribution in [0.2, 0.25) is 0 Å². The third-order valence-corrected chi connectivity index (χ3v) is 1.00. The van der Waals surface area contributed by atoms with Crippen molar-refractivity contribution in [3.8, 4) is 0 Å². The van der Waals surface area contributed by atoms with Gasteiger partial charge < -0.3 is 0 Å². The first-order valence-corrected chi connectivity index (χ1v) is 2.99. The lowest BCUT2D eigenvalue weighted by atomic mass is 10.3. The topological polar surface area (TPSA) is 43.2 Å². The van der Waals surface area contributed by atoms with Crippen molar-refractivity contribution in [3.05, 3.63) is 0 Å². The first-order valence-electron chi connectivity index (χ1n) is 2.37. The largest absolute Gasteiger partial charge is 0.277 e. The van der Waals surface area contributed by atoms with Crippen molar-refractivity contribution in [2.75, 3.05) is 0 Å². The first-order chi connectivity index (χ1) is 4.72. The number of oxime groups is 2. The monoisotopic (exact) mass is 184 g/mol. The van der Waals surface area contributed by atoms with Crippen molar-refractivity contribution in [2.24, 2.45) is 10.3 Å². The molecule has 0 heterocycles. The Hall–Kier alpha value is -0.480. The molecule has 0 aliphatic heterocycles. The molecule has 0 saturated carbocycles. The molecule has 0 fully saturated rings. The quantitative estimate of drug-likeness (QED) is 0.498. The summed E-state index contributed by atoms with van der Waals surface area (Å²) in [6, 6.07) is 0. The van der Waals surface area contributed by atoms with E-state index in [0.717, 1.165) is 0 Å². The third-order valence-electron chi connectivity index (χ3n) is 0.866. The molecule has 0 bridgehead atoms. The lowest BCUT2D eigenvalue weighted by Crippen LogP contribution is -2.04. The maximum Gasteiger partial charge on any atom is 0.167 e. The van der Waals surface area contributed by atoms with Crippen molar-refractivity contribution in [2.45, 2.75) is 13.8 Å². The fraction of sp³-hybridized carbons (Fsp3) is 0.500. The SMILES string of the molecule is CC(=NOCl)C(C)=NOCl. The zero-order valence-corrected chi connectivity index (χ0v) is 6.98. The predicted octanol–water partition coefficient (Wildman–Crippen LogP) is 2.08. The van der Waals surface area contributed by atoms with Crippen LogP contribution in [0.4, 0.5) is 0 Å². The average Bonchev–Trinajstić information content (AvgIpc) is 1.89. The van der Waals surface area contributed by atoms with Crippen LogP contribution in [-0.4, -0.2) is 11.4 Å². The normalized spacial score (nSPS) is 13.2. The van der Waals surface area contributed by atoms with E-state index < -0.39 is 0 Å². The van der Waals surface area contributed by atoms with E-state index in [0.29, 0.717) is 11.4 Å². The molecule has 0 amide bonds. The van der Waals surface area contributed by atoms with Crippen molar-refractivity contribution in [1.82, 2.24) is 0 Å². The number of hydrogen-bond donors (Lipinski definition) is 0. The van der Waals surface area contributed by atoms with E-state index in [2.05, 4.69) is 19.1 Å². The lowest BCUT2D eigenvalue weighted by molar-refractivity contribution is 0.375. The average molecular weight is 185 g/mol. The Kier molecular flexibility index (Phi) is 5.06. The highest BCUT2D eigenvalue weighted by Gasteiger charge is 1.96. The van der Waals surface area contributed by atoms with Crippen LogP contribution >= 0.6 is 23.7 Å². The number of hydrogen-bond acceptors (Lipinski definition) is 4. The van der Waals surface area contributed by atoms with Gasteiger partial charge in [-0.25, -0.2) is 0 Å². The molecule has 0 aliphatic carbocycles. The molecule has 0 spiro atoms. The number of nitrogens with zero attached hydrogens (tertiary/aromatic N) is 2. The van der Waals surface area contributed by atoms with E-state index in [-0.39, 0.29) is 0 Å². The van der Waals surface area contributed by atoms with Crippen LogP contribution in [0.1, 0.15) is 13.8 Å². The molecule has 0 rings (SSSR count). The van der Waals surface area contributed by atoms with Crippen molar-refractivity contribution < 1.29 is 8.78 Å². The Labute approximate surface area is 68.7 Å². The first kappa shape index (κ1) is 9.52. The zero-order valence-electron chi connectivity index (χ0n) is 5.47. The van der Waals surface area contributed by atoms with Gasteiger partial charge in [0.25, 0.3) is 0 Å². The van der Waals surface area contributed by atoms with Crippen LogP contribution in [-0.2, 0) is 8.78 Å². The molecular formula is C4H6Cl2N2O2. The van der Waals surface area contributed by atoms with Crippen LogP contribution in [0.25, 0.3) is 0 Å². The van der Waals surface area contributed by atoms with Crippen LogP contribution in [0.3, 0.4) is 0 Å². The van der Waals surface area contributed by atoms with Crippen molar-refractivity contribution >= 4 is 35.2 Å².